The van der Waals surface area contributed by atoms with E-state index in [0.29, 0.717) is 45.4 Å². The monoisotopic (exact) mass is 527 g/mol. The third kappa shape index (κ3) is 6.46. The lowest BCUT2D eigenvalue weighted by atomic mass is 9.92. The van der Waals surface area contributed by atoms with E-state index in [2.05, 4.69) is 10.6 Å². The van der Waals surface area contributed by atoms with E-state index in [1.807, 2.05) is 0 Å². The van der Waals surface area contributed by atoms with Crippen LogP contribution in [0.15, 0.2) is 12.1 Å². The number of alkyl halides is 3. The topological polar surface area (TPSA) is 106 Å². The lowest BCUT2D eigenvalue weighted by molar-refractivity contribution is -0.138. The Morgan fingerprint density at radius 2 is 1.84 bits per heavy atom. The average molecular weight is 528 g/mol. The van der Waals surface area contributed by atoms with Crippen LogP contribution in [0.1, 0.15) is 62.4 Å². The second-order valence-corrected chi connectivity index (χ2v) is 10.6. The molecule has 1 unspecified atom stereocenters. The van der Waals surface area contributed by atoms with E-state index in [1.165, 1.54) is 4.90 Å². The van der Waals surface area contributed by atoms with Crippen molar-refractivity contribution in [1.29, 1.82) is 0 Å². The summed E-state index contributed by atoms with van der Waals surface area (Å²) in [7, 11) is 0. The van der Waals surface area contributed by atoms with Crippen LogP contribution in [0.2, 0.25) is 0 Å². The zero-order valence-corrected chi connectivity index (χ0v) is 21.1. The molecule has 4 rings (SSSR count). The Kier molecular flexibility index (Phi) is 7.59. The molecule has 0 aromatic heterocycles. The molecule has 2 saturated heterocycles. The maximum atomic E-state index is 14.0. The van der Waals surface area contributed by atoms with Crippen molar-refractivity contribution < 1.29 is 41.8 Å². The molecule has 1 aromatic carbocycles. The molecule has 0 bridgehead atoms. The molecule has 0 aliphatic carbocycles. The van der Waals surface area contributed by atoms with E-state index in [1.54, 1.807) is 20.8 Å². The van der Waals surface area contributed by atoms with Crippen LogP contribution in [-0.4, -0.2) is 66.9 Å². The molecular formula is C25H32F3N3O6. The van der Waals surface area contributed by atoms with Crippen LogP contribution in [0.25, 0.3) is 0 Å². The summed E-state index contributed by atoms with van der Waals surface area (Å²) in [5.74, 6) is -1.73. The third-order valence-electron chi connectivity index (χ3n) is 6.54. The first-order valence-electron chi connectivity index (χ1n) is 12.4. The highest BCUT2D eigenvalue weighted by atomic mass is 19.4. The Hall–Kier alpha value is -3.02. The van der Waals surface area contributed by atoms with Gasteiger partial charge in [-0.3, -0.25) is 9.59 Å². The molecule has 2 N–H and O–H groups in total. The van der Waals surface area contributed by atoms with Gasteiger partial charge in [0.25, 0.3) is 11.8 Å². The number of nitrogens with one attached hydrogen (secondary N) is 2. The highest BCUT2D eigenvalue weighted by Crippen LogP contribution is 2.41. The molecule has 0 spiro atoms. The minimum Gasteiger partial charge on any atom is -0.478 e. The number of anilines is 1. The van der Waals surface area contributed by atoms with Crippen LogP contribution >= 0.6 is 0 Å². The Balaban J connectivity index is 1.53. The van der Waals surface area contributed by atoms with E-state index < -0.39 is 53.0 Å². The fourth-order valence-electron chi connectivity index (χ4n) is 4.77. The van der Waals surface area contributed by atoms with E-state index in [9.17, 15) is 27.6 Å². The first-order valence-corrected chi connectivity index (χ1v) is 12.4. The second-order valence-electron chi connectivity index (χ2n) is 10.6. The number of ether oxygens (including phenoxy) is 3. The number of hydrogen-bond donors (Lipinski definition) is 2. The van der Waals surface area contributed by atoms with Gasteiger partial charge in [-0.05, 0) is 58.6 Å². The van der Waals surface area contributed by atoms with Crippen molar-refractivity contribution in [2.75, 3.05) is 31.6 Å². The van der Waals surface area contributed by atoms with Crippen molar-refractivity contribution in [3.05, 3.63) is 23.3 Å². The molecule has 2 fully saturated rings. The first-order chi connectivity index (χ1) is 17.3. The maximum Gasteiger partial charge on any atom is 0.417 e. The Labute approximate surface area is 213 Å². The number of piperidine rings is 1. The molecule has 204 valence electrons. The summed E-state index contributed by atoms with van der Waals surface area (Å²) < 4.78 is 58.4. The summed E-state index contributed by atoms with van der Waals surface area (Å²) in [6.07, 6.45) is -4.16. The van der Waals surface area contributed by atoms with Crippen molar-refractivity contribution in [3.63, 3.8) is 0 Å². The molecule has 3 aliphatic heterocycles. The summed E-state index contributed by atoms with van der Waals surface area (Å²) in [6, 6.07) is 1.21. The van der Waals surface area contributed by atoms with E-state index in [4.69, 9.17) is 14.2 Å². The Morgan fingerprint density at radius 3 is 2.49 bits per heavy atom. The number of amides is 3. The van der Waals surface area contributed by atoms with Gasteiger partial charge in [-0.2, -0.15) is 13.2 Å². The SMILES string of the molecule is CC(C)(C)OC(=O)N1CCC[C@@H](NC(=O)c2cc3c(cc2C(F)(F)F)OC(C2CCOCC2)C(=O)N3)C1. The van der Waals surface area contributed by atoms with Crippen LogP contribution in [0, 0.1) is 5.92 Å². The second kappa shape index (κ2) is 10.4. The number of halogens is 3. The van der Waals surface area contributed by atoms with Crippen molar-refractivity contribution in [1.82, 2.24) is 10.2 Å². The van der Waals surface area contributed by atoms with Crippen LogP contribution in [-0.2, 0) is 20.4 Å². The van der Waals surface area contributed by atoms with Crippen LogP contribution in [0.4, 0.5) is 23.7 Å². The highest BCUT2D eigenvalue weighted by molar-refractivity contribution is 6.02. The molecule has 3 aliphatic rings. The number of rotatable bonds is 3. The van der Waals surface area contributed by atoms with Gasteiger partial charge in [0.05, 0.1) is 16.8 Å². The van der Waals surface area contributed by atoms with Crippen LogP contribution in [0.3, 0.4) is 0 Å². The van der Waals surface area contributed by atoms with Crippen LogP contribution in [0.5, 0.6) is 5.75 Å². The molecule has 0 saturated carbocycles. The molecule has 0 radical (unpaired) electrons. The number of likely N-dealkylation sites (tertiary alicyclic amines) is 1. The summed E-state index contributed by atoms with van der Waals surface area (Å²) in [6.45, 7) is 6.63. The number of carbonyl (C=O) groups excluding carboxylic acids is 3. The molecule has 1 aromatic rings. The van der Waals surface area contributed by atoms with Crippen molar-refractivity contribution in [2.24, 2.45) is 5.92 Å². The van der Waals surface area contributed by atoms with Gasteiger partial charge in [-0.1, -0.05) is 0 Å². The van der Waals surface area contributed by atoms with Gasteiger partial charge in [-0.25, -0.2) is 4.79 Å². The van der Waals surface area contributed by atoms with Crippen molar-refractivity contribution >= 4 is 23.6 Å². The normalized spacial score (nSPS) is 23.0. The van der Waals surface area contributed by atoms with Gasteiger partial charge in [0.15, 0.2) is 6.10 Å². The molecule has 2 atom stereocenters. The zero-order chi connectivity index (χ0) is 27.0. The number of fused-ring (bicyclic) bond motifs is 1. The summed E-state index contributed by atoms with van der Waals surface area (Å²) in [5, 5.41) is 5.23. The molecule has 37 heavy (non-hydrogen) atoms. The van der Waals surface area contributed by atoms with Gasteiger partial charge in [0.2, 0.25) is 0 Å². The fourth-order valence-corrected chi connectivity index (χ4v) is 4.77. The summed E-state index contributed by atoms with van der Waals surface area (Å²) in [5.41, 5.74) is -2.49. The van der Waals surface area contributed by atoms with Gasteiger partial charge in [0.1, 0.15) is 11.4 Å². The molecule has 3 amide bonds. The summed E-state index contributed by atoms with van der Waals surface area (Å²) >= 11 is 0. The maximum absolute atomic E-state index is 14.0. The fraction of sp³-hybridized carbons (Fsp3) is 0.640. The number of nitrogens with zero attached hydrogens (tertiary/aromatic N) is 1. The number of hydrogen-bond acceptors (Lipinski definition) is 6. The van der Waals surface area contributed by atoms with E-state index >= 15 is 0 Å². The van der Waals surface area contributed by atoms with Gasteiger partial charge < -0.3 is 29.7 Å². The van der Waals surface area contributed by atoms with Crippen LogP contribution < -0.4 is 15.4 Å². The standard InChI is InChI=1S/C25H32F3N3O6/c1-24(2,3)37-23(34)31-8-4-5-15(13-31)29-21(32)16-11-18-19(12-17(16)25(26,27)28)36-20(22(33)30-18)14-6-9-35-10-7-14/h11-12,14-15,20H,4-10,13H2,1-3H3,(H,29,32)(H,30,33)/t15-,20?/m1/s1. The third-order valence-corrected chi connectivity index (χ3v) is 6.54. The molecule has 9 nitrogen and oxygen atoms in total. The quantitative estimate of drug-likeness (QED) is 0.617. The van der Waals surface area contributed by atoms with Gasteiger partial charge in [-0.15, -0.1) is 0 Å². The molecule has 12 heteroatoms. The Bertz CT molecular complexity index is 1050. The number of benzene rings is 1. The first kappa shape index (κ1) is 27.0. The predicted octanol–water partition coefficient (Wildman–Crippen LogP) is 3.96. The lowest BCUT2D eigenvalue weighted by Gasteiger charge is -2.35. The highest BCUT2D eigenvalue weighted by Gasteiger charge is 2.41. The lowest BCUT2D eigenvalue weighted by Crippen LogP contribution is -2.51. The summed E-state index contributed by atoms with van der Waals surface area (Å²) in [4.78, 5) is 39.6. The molecule has 3 heterocycles. The van der Waals surface area contributed by atoms with Crippen molar-refractivity contribution in [2.45, 2.75) is 70.4 Å². The largest absolute Gasteiger partial charge is 0.478 e. The van der Waals surface area contributed by atoms with Gasteiger partial charge in [0, 0.05) is 38.3 Å². The minimum absolute atomic E-state index is 0.00508. The Morgan fingerprint density at radius 1 is 1.14 bits per heavy atom. The van der Waals surface area contributed by atoms with E-state index in [0.717, 1.165) is 12.1 Å². The minimum atomic E-state index is -4.84. The van der Waals surface area contributed by atoms with E-state index in [-0.39, 0.29) is 23.9 Å². The zero-order valence-electron chi connectivity index (χ0n) is 21.1. The smallest absolute Gasteiger partial charge is 0.417 e. The predicted molar refractivity (Wildman–Crippen MR) is 126 cm³/mol. The van der Waals surface area contributed by atoms with Gasteiger partial charge >= 0.3 is 12.3 Å². The van der Waals surface area contributed by atoms with Crippen molar-refractivity contribution in [3.8, 4) is 5.75 Å². The average Bonchev–Trinajstić information content (AvgIpc) is 2.82. The number of carbonyl (C=O) groups is 3. The molecular weight excluding hydrogens is 495 g/mol.